The minimum atomic E-state index is -0.524. The Morgan fingerprint density at radius 3 is 2.62 bits per heavy atom. The van der Waals surface area contributed by atoms with E-state index in [1.54, 1.807) is 0 Å². The average molecular weight is 321 g/mol. The zero-order chi connectivity index (χ0) is 16.7. The van der Waals surface area contributed by atoms with Crippen LogP contribution in [0.1, 0.15) is 27.0 Å². The third kappa shape index (κ3) is 2.47. The Balaban J connectivity index is 1.72. The quantitative estimate of drug-likeness (QED) is 0.833. The van der Waals surface area contributed by atoms with Crippen molar-refractivity contribution in [3.63, 3.8) is 0 Å². The Kier molecular flexibility index (Phi) is 3.58. The van der Waals surface area contributed by atoms with Crippen molar-refractivity contribution < 1.29 is 9.59 Å². The molecule has 0 saturated heterocycles. The maximum absolute atomic E-state index is 12.9. The van der Waals surface area contributed by atoms with Crippen molar-refractivity contribution in [1.82, 2.24) is 5.32 Å². The van der Waals surface area contributed by atoms with E-state index in [1.165, 1.54) is 0 Å². The van der Waals surface area contributed by atoms with E-state index < -0.39 is 6.04 Å². The number of para-hydroxylation sites is 1. The van der Waals surface area contributed by atoms with Crippen LogP contribution >= 0.6 is 0 Å². The van der Waals surface area contributed by atoms with Crippen molar-refractivity contribution in [2.75, 3.05) is 11.4 Å². The van der Waals surface area contributed by atoms with Crippen molar-refractivity contribution in [2.45, 2.75) is 25.4 Å². The first kappa shape index (κ1) is 14.9. The summed E-state index contributed by atoms with van der Waals surface area (Å²) in [6.07, 6.45) is 1.32. The molecule has 2 aromatic rings. The first-order valence-electron chi connectivity index (χ1n) is 8.18. The molecule has 2 aliphatic rings. The summed E-state index contributed by atoms with van der Waals surface area (Å²) in [5, 5.41) is 2.83. The zero-order valence-electron chi connectivity index (χ0n) is 13.3. The first-order valence-corrected chi connectivity index (χ1v) is 8.18. The minimum absolute atomic E-state index is 0.0186. The number of hydrogen-bond acceptors (Lipinski definition) is 3. The summed E-state index contributed by atoms with van der Waals surface area (Å²) in [7, 11) is 0. The summed E-state index contributed by atoms with van der Waals surface area (Å²) in [6, 6.07) is 13.2. The second kappa shape index (κ2) is 5.76. The van der Waals surface area contributed by atoms with Crippen molar-refractivity contribution in [3.8, 4) is 0 Å². The van der Waals surface area contributed by atoms with Gasteiger partial charge < -0.3 is 16.0 Å². The fourth-order valence-electron chi connectivity index (χ4n) is 3.48. The molecule has 5 nitrogen and oxygen atoms in total. The second-order valence-corrected chi connectivity index (χ2v) is 6.35. The van der Waals surface area contributed by atoms with Crippen molar-refractivity contribution in [2.24, 2.45) is 5.73 Å². The van der Waals surface area contributed by atoms with E-state index in [-0.39, 0.29) is 11.8 Å². The Bertz CT molecular complexity index is 817. The molecule has 2 heterocycles. The van der Waals surface area contributed by atoms with E-state index in [9.17, 15) is 9.59 Å². The molecule has 0 spiro atoms. The summed E-state index contributed by atoms with van der Waals surface area (Å²) in [5.74, 6) is -0.119. The van der Waals surface area contributed by atoms with Gasteiger partial charge in [0.15, 0.2) is 0 Å². The summed E-state index contributed by atoms with van der Waals surface area (Å²) in [5.41, 5.74) is 10.7. The van der Waals surface area contributed by atoms with E-state index in [0.717, 1.165) is 34.4 Å². The maximum atomic E-state index is 12.9. The molecule has 0 saturated carbocycles. The SMILES string of the molecule is N[C@H]1Cc2cc3c(cc2CNC1=O)C(=O)N(c1ccccc1)CC3. The molecular formula is C19H19N3O2. The van der Waals surface area contributed by atoms with Gasteiger partial charge in [-0.1, -0.05) is 24.3 Å². The maximum Gasteiger partial charge on any atom is 0.258 e. The lowest BCUT2D eigenvalue weighted by Crippen LogP contribution is -2.39. The largest absolute Gasteiger partial charge is 0.351 e. The van der Waals surface area contributed by atoms with Crippen LogP contribution in [-0.4, -0.2) is 24.4 Å². The number of nitrogens with one attached hydrogen (secondary N) is 1. The lowest BCUT2D eigenvalue weighted by Gasteiger charge is -2.29. The molecular weight excluding hydrogens is 302 g/mol. The molecule has 2 aliphatic heterocycles. The van der Waals surface area contributed by atoms with E-state index in [0.29, 0.717) is 19.5 Å². The second-order valence-electron chi connectivity index (χ2n) is 6.35. The van der Waals surface area contributed by atoms with Crippen LogP contribution in [0.5, 0.6) is 0 Å². The molecule has 0 unspecified atom stereocenters. The van der Waals surface area contributed by atoms with Gasteiger partial charge in [0.05, 0.1) is 6.04 Å². The number of hydrogen-bond donors (Lipinski definition) is 2. The Labute approximate surface area is 140 Å². The zero-order valence-corrected chi connectivity index (χ0v) is 13.3. The summed E-state index contributed by atoms with van der Waals surface area (Å²) in [6.45, 7) is 1.09. The van der Waals surface area contributed by atoms with Crippen molar-refractivity contribution in [1.29, 1.82) is 0 Å². The highest BCUT2D eigenvalue weighted by Crippen LogP contribution is 2.28. The van der Waals surface area contributed by atoms with Crippen LogP contribution in [0.2, 0.25) is 0 Å². The van der Waals surface area contributed by atoms with Crippen molar-refractivity contribution in [3.05, 3.63) is 64.7 Å². The van der Waals surface area contributed by atoms with E-state index in [2.05, 4.69) is 11.4 Å². The number of amides is 2. The number of carbonyl (C=O) groups is 2. The predicted molar refractivity (Wildman–Crippen MR) is 91.8 cm³/mol. The van der Waals surface area contributed by atoms with Gasteiger partial charge in [0.2, 0.25) is 5.91 Å². The molecule has 5 heteroatoms. The Hall–Kier alpha value is -2.66. The van der Waals surface area contributed by atoms with Gasteiger partial charge in [-0.15, -0.1) is 0 Å². The summed E-state index contributed by atoms with van der Waals surface area (Å²) in [4.78, 5) is 26.5. The predicted octanol–water partition coefficient (Wildman–Crippen LogP) is 1.39. The number of rotatable bonds is 1. The van der Waals surface area contributed by atoms with Gasteiger partial charge in [-0.25, -0.2) is 0 Å². The number of anilines is 1. The molecule has 1 atom stereocenters. The molecule has 0 fully saturated rings. The molecule has 0 bridgehead atoms. The molecule has 2 aromatic carbocycles. The van der Waals surface area contributed by atoms with Crippen LogP contribution < -0.4 is 16.0 Å². The highest BCUT2D eigenvalue weighted by Gasteiger charge is 2.28. The van der Waals surface area contributed by atoms with Gasteiger partial charge in [-0.2, -0.15) is 0 Å². The number of nitrogens with two attached hydrogens (primary N) is 1. The van der Waals surface area contributed by atoms with Crippen LogP contribution in [0.3, 0.4) is 0 Å². The molecule has 4 rings (SSSR count). The van der Waals surface area contributed by atoms with Gasteiger partial charge in [0.1, 0.15) is 0 Å². The average Bonchev–Trinajstić information content (AvgIpc) is 2.73. The normalized spacial score (nSPS) is 20.0. The summed E-state index contributed by atoms with van der Waals surface area (Å²) < 4.78 is 0. The Morgan fingerprint density at radius 1 is 1.04 bits per heavy atom. The third-order valence-corrected chi connectivity index (χ3v) is 4.80. The minimum Gasteiger partial charge on any atom is -0.351 e. The van der Waals surface area contributed by atoms with Crippen LogP contribution in [0.4, 0.5) is 5.69 Å². The fraction of sp³-hybridized carbons (Fsp3) is 0.263. The fourth-order valence-corrected chi connectivity index (χ4v) is 3.48. The molecule has 0 aromatic heterocycles. The topological polar surface area (TPSA) is 75.4 Å². The number of fused-ring (bicyclic) bond motifs is 2. The van der Waals surface area contributed by atoms with Crippen LogP contribution in [-0.2, 0) is 24.2 Å². The molecule has 0 radical (unpaired) electrons. The van der Waals surface area contributed by atoms with E-state index >= 15 is 0 Å². The van der Waals surface area contributed by atoms with Crippen molar-refractivity contribution >= 4 is 17.5 Å². The summed E-state index contributed by atoms with van der Waals surface area (Å²) >= 11 is 0. The van der Waals surface area contributed by atoms with Gasteiger partial charge in [-0.05, 0) is 47.7 Å². The number of nitrogens with zero attached hydrogens (tertiary/aromatic N) is 1. The molecule has 122 valence electrons. The lowest BCUT2D eigenvalue weighted by atomic mass is 9.91. The van der Waals surface area contributed by atoms with E-state index in [4.69, 9.17) is 5.73 Å². The van der Waals surface area contributed by atoms with Gasteiger partial charge in [-0.3, -0.25) is 9.59 Å². The third-order valence-electron chi connectivity index (χ3n) is 4.80. The van der Waals surface area contributed by atoms with Gasteiger partial charge in [0.25, 0.3) is 5.91 Å². The standard InChI is InChI=1S/C19H19N3O2/c20-17-10-13-8-12-6-7-22(15-4-2-1-3-5-15)19(24)16(12)9-14(13)11-21-18(17)23/h1-5,8-9,17H,6-7,10-11,20H2,(H,21,23)/t17-/m0/s1. The highest BCUT2D eigenvalue weighted by molar-refractivity contribution is 6.08. The van der Waals surface area contributed by atoms with Gasteiger partial charge >= 0.3 is 0 Å². The first-order chi connectivity index (χ1) is 11.6. The highest BCUT2D eigenvalue weighted by atomic mass is 16.2. The van der Waals surface area contributed by atoms with Crippen LogP contribution in [0.15, 0.2) is 42.5 Å². The number of benzene rings is 2. The van der Waals surface area contributed by atoms with Crippen LogP contribution in [0, 0.1) is 0 Å². The lowest BCUT2D eigenvalue weighted by molar-refractivity contribution is -0.122. The number of carbonyl (C=O) groups excluding carboxylic acids is 2. The molecule has 3 N–H and O–H groups in total. The molecule has 24 heavy (non-hydrogen) atoms. The smallest absolute Gasteiger partial charge is 0.258 e. The molecule has 0 aliphatic carbocycles. The Morgan fingerprint density at radius 2 is 1.83 bits per heavy atom. The van der Waals surface area contributed by atoms with Gasteiger partial charge in [0, 0.05) is 24.3 Å². The van der Waals surface area contributed by atoms with E-state index in [1.807, 2.05) is 41.3 Å². The monoisotopic (exact) mass is 321 g/mol. The molecule has 2 amide bonds. The van der Waals surface area contributed by atoms with Crippen LogP contribution in [0.25, 0.3) is 0 Å².